The van der Waals surface area contributed by atoms with Crippen molar-refractivity contribution < 1.29 is 14.4 Å². The summed E-state index contributed by atoms with van der Waals surface area (Å²) in [6, 6.07) is 4.87. The molecule has 2 heterocycles. The molecule has 3 amide bonds. The minimum Gasteiger partial charge on any atom is -0.352 e. The number of hydrogen-bond donors (Lipinski definition) is 2. The van der Waals surface area contributed by atoms with Crippen LogP contribution in [0.5, 0.6) is 0 Å². The third-order valence-corrected chi connectivity index (χ3v) is 6.27. The Labute approximate surface area is 184 Å². The van der Waals surface area contributed by atoms with Crippen LogP contribution in [0.2, 0.25) is 0 Å². The van der Waals surface area contributed by atoms with Crippen LogP contribution in [0.25, 0.3) is 0 Å². The Morgan fingerprint density at radius 2 is 1.73 bits per heavy atom. The van der Waals surface area contributed by atoms with Gasteiger partial charge in [0.25, 0.3) is 17.7 Å². The molecular weight excluding hydrogens is 404 g/mol. The first-order valence-electron chi connectivity index (χ1n) is 10.9. The van der Waals surface area contributed by atoms with E-state index in [1.807, 2.05) is 0 Å². The zero-order valence-electron chi connectivity index (χ0n) is 17.3. The van der Waals surface area contributed by atoms with Crippen molar-refractivity contribution in [2.45, 2.75) is 44.6 Å². The summed E-state index contributed by atoms with van der Waals surface area (Å²) in [5.41, 5.74) is 1.24. The van der Waals surface area contributed by atoms with E-state index in [4.69, 9.17) is 0 Å². The molecule has 0 spiro atoms. The molecule has 0 atom stereocenters. The van der Waals surface area contributed by atoms with Crippen molar-refractivity contribution in [3.05, 3.63) is 34.9 Å². The molecule has 30 heavy (non-hydrogen) atoms. The number of nitrogens with zero attached hydrogens (tertiary/aromatic N) is 2. The molecule has 3 aliphatic rings. The molecule has 0 unspecified atom stereocenters. The predicted molar refractivity (Wildman–Crippen MR) is 117 cm³/mol. The maximum atomic E-state index is 12.9. The Balaban J connectivity index is 0.00000256. The van der Waals surface area contributed by atoms with Crippen LogP contribution < -0.4 is 10.6 Å². The molecule has 4 rings (SSSR count). The summed E-state index contributed by atoms with van der Waals surface area (Å²) in [5, 5.41) is 6.27. The minimum absolute atomic E-state index is 0. The molecule has 1 saturated heterocycles. The number of amides is 3. The van der Waals surface area contributed by atoms with E-state index in [-0.39, 0.29) is 36.2 Å². The summed E-state index contributed by atoms with van der Waals surface area (Å²) in [6.07, 6.45) is 5.93. The fourth-order valence-corrected chi connectivity index (χ4v) is 4.61. The molecule has 0 aromatic heterocycles. The van der Waals surface area contributed by atoms with Crippen molar-refractivity contribution in [1.82, 2.24) is 20.4 Å². The van der Waals surface area contributed by atoms with E-state index in [0.717, 1.165) is 64.8 Å². The van der Waals surface area contributed by atoms with Gasteiger partial charge in [0.05, 0.1) is 11.1 Å². The highest BCUT2D eigenvalue weighted by Crippen LogP contribution is 2.31. The maximum Gasteiger partial charge on any atom is 0.261 e. The van der Waals surface area contributed by atoms with Crippen molar-refractivity contribution >= 4 is 30.1 Å². The van der Waals surface area contributed by atoms with Gasteiger partial charge in [-0.25, -0.2) is 0 Å². The van der Waals surface area contributed by atoms with Gasteiger partial charge in [-0.3, -0.25) is 19.3 Å². The summed E-state index contributed by atoms with van der Waals surface area (Å²) < 4.78 is 0. The number of nitrogens with one attached hydrogen (secondary N) is 2. The summed E-state index contributed by atoms with van der Waals surface area (Å²) in [6.45, 7) is 5.70. The smallest absolute Gasteiger partial charge is 0.261 e. The van der Waals surface area contributed by atoms with Gasteiger partial charge in [0, 0.05) is 44.3 Å². The zero-order valence-corrected chi connectivity index (χ0v) is 18.1. The third kappa shape index (κ3) is 4.85. The fraction of sp³-hybridized carbons (Fsp3) is 0.591. The molecule has 1 saturated carbocycles. The van der Waals surface area contributed by atoms with E-state index in [2.05, 4.69) is 15.5 Å². The number of hydrogen-bond acceptors (Lipinski definition) is 5. The fourth-order valence-electron chi connectivity index (χ4n) is 4.61. The molecule has 2 fully saturated rings. The Hall–Kier alpha value is -1.96. The molecule has 164 valence electrons. The van der Waals surface area contributed by atoms with Crippen LogP contribution in [0.4, 0.5) is 0 Å². The zero-order chi connectivity index (χ0) is 20.2. The van der Waals surface area contributed by atoms with Crippen molar-refractivity contribution in [1.29, 1.82) is 0 Å². The van der Waals surface area contributed by atoms with Crippen LogP contribution >= 0.6 is 12.4 Å². The van der Waals surface area contributed by atoms with E-state index in [0.29, 0.717) is 23.2 Å². The molecular formula is C22H31ClN4O3. The lowest BCUT2D eigenvalue weighted by atomic mass is 9.94. The molecule has 0 bridgehead atoms. The molecule has 1 aromatic carbocycles. The van der Waals surface area contributed by atoms with Crippen molar-refractivity contribution in [3.8, 4) is 0 Å². The average Bonchev–Trinajstić information content (AvgIpc) is 3.02. The number of benzene rings is 1. The number of rotatable bonds is 6. The lowest BCUT2D eigenvalue weighted by molar-refractivity contribution is 0.0549. The molecule has 2 N–H and O–H groups in total. The van der Waals surface area contributed by atoms with Gasteiger partial charge in [0.15, 0.2) is 0 Å². The number of piperazine rings is 1. The molecule has 8 heteroatoms. The monoisotopic (exact) mass is 434 g/mol. The lowest BCUT2D eigenvalue weighted by Gasteiger charge is -2.29. The van der Waals surface area contributed by atoms with Crippen LogP contribution in [0, 0.1) is 0 Å². The first-order chi connectivity index (χ1) is 14.1. The summed E-state index contributed by atoms with van der Waals surface area (Å²) in [5.74, 6) is -0.644. The van der Waals surface area contributed by atoms with E-state index >= 15 is 0 Å². The quantitative estimate of drug-likeness (QED) is 0.529. The predicted octanol–water partition coefficient (Wildman–Crippen LogP) is 2.06. The summed E-state index contributed by atoms with van der Waals surface area (Å²) >= 11 is 0. The van der Waals surface area contributed by atoms with Crippen molar-refractivity contribution in [2.24, 2.45) is 0 Å². The maximum absolute atomic E-state index is 12.9. The van der Waals surface area contributed by atoms with Gasteiger partial charge in [0.2, 0.25) is 0 Å². The molecule has 7 nitrogen and oxygen atoms in total. The van der Waals surface area contributed by atoms with Crippen molar-refractivity contribution in [2.75, 3.05) is 39.3 Å². The highest BCUT2D eigenvalue weighted by Gasteiger charge is 2.40. The van der Waals surface area contributed by atoms with Crippen molar-refractivity contribution in [3.63, 3.8) is 0 Å². The Bertz CT molecular complexity index is 789. The van der Waals surface area contributed by atoms with E-state index < -0.39 is 0 Å². The second kappa shape index (κ2) is 10.4. The largest absolute Gasteiger partial charge is 0.352 e. The van der Waals surface area contributed by atoms with Crippen LogP contribution in [-0.4, -0.2) is 72.8 Å². The van der Waals surface area contributed by atoms with E-state index in [1.54, 1.807) is 18.2 Å². The van der Waals surface area contributed by atoms with Crippen LogP contribution in [0.1, 0.15) is 69.6 Å². The normalized spacial score (nSPS) is 20.1. The first-order valence-corrected chi connectivity index (χ1v) is 10.9. The van der Waals surface area contributed by atoms with Gasteiger partial charge < -0.3 is 15.5 Å². The topological polar surface area (TPSA) is 81.8 Å². The summed E-state index contributed by atoms with van der Waals surface area (Å²) in [7, 11) is 0. The molecule has 0 radical (unpaired) electrons. The molecule has 2 aliphatic heterocycles. The Morgan fingerprint density at radius 3 is 2.47 bits per heavy atom. The van der Waals surface area contributed by atoms with E-state index in [1.165, 1.54) is 11.3 Å². The number of imide groups is 1. The Morgan fingerprint density at radius 1 is 1.03 bits per heavy atom. The van der Waals surface area contributed by atoms with Crippen LogP contribution in [0.3, 0.4) is 0 Å². The lowest BCUT2D eigenvalue weighted by Crippen LogP contribution is -2.44. The highest BCUT2D eigenvalue weighted by atomic mass is 35.5. The second-order valence-electron chi connectivity index (χ2n) is 8.23. The van der Waals surface area contributed by atoms with Gasteiger partial charge in [-0.2, -0.15) is 0 Å². The van der Waals surface area contributed by atoms with E-state index in [9.17, 15) is 14.4 Å². The second-order valence-corrected chi connectivity index (χ2v) is 8.23. The van der Waals surface area contributed by atoms with Gasteiger partial charge in [0.1, 0.15) is 0 Å². The standard InChI is InChI=1S/C22H30N4O3.ClH/c27-20(24-9-4-12-25-13-10-23-11-14-25)16-7-8-18-19(15-16)22(29)26(21(18)28)17-5-2-1-3-6-17;/h7-8,15,17,23H,1-6,9-14H2,(H,24,27);1H. The van der Waals surface area contributed by atoms with Crippen LogP contribution in [-0.2, 0) is 0 Å². The van der Waals surface area contributed by atoms with Gasteiger partial charge in [-0.05, 0) is 44.0 Å². The molecule has 1 aromatic rings. The number of carbonyl (C=O) groups excluding carboxylic acids is 3. The first kappa shape index (κ1) is 22.7. The number of fused-ring (bicyclic) bond motifs is 1. The average molecular weight is 435 g/mol. The number of halogens is 1. The number of carbonyl (C=O) groups is 3. The minimum atomic E-state index is -0.245. The third-order valence-electron chi connectivity index (χ3n) is 6.27. The SMILES string of the molecule is Cl.O=C(NCCCN1CCNCC1)c1ccc2c(c1)C(=O)N(C1CCCCC1)C2=O. The Kier molecular flexibility index (Phi) is 7.86. The van der Waals surface area contributed by atoms with Gasteiger partial charge in [-0.1, -0.05) is 19.3 Å². The summed E-state index contributed by atoms with van der Waals surface area (Å²) in [4.78, 5) is 42.0. The van der Waals surface area contributed by atoms with Gasteiger partial charge >= 0.3 is 0 Å². The molecule has 1 aliphatic carbocycles. The van der Waals surface area contributed by atoms with Crippen LogP contribution in [0.15, 0.2) is 18.2 Å². The highest BCUT2D eigenvalue weighted by molar-refractivity contribution is 6.22. The van der Waals surface area contributed by atoms with Gasteiger partial charge in [-0.15, -0.1) is 12.4 Å².